The molecule has 0 atom stereocenters. The number of hydrogen-bond donors (Lipinski definition) is 0. The maximum absolute atomic E-state index is 12.2. The molecule has 0 spiro atoms. The number of aliphatic imine (C=N–C) groups is 1. The fourth-order valence-corrected chi connectivity index (χ4v) is 2.77. The summed E-state index contributed by atoms with van der Waals surface area (Å²) in [6, 6.07) is 11.0. The van der Waals surface area contributed by atoms with Gasteiger partial charge in [-0.1, -0.05) is 42.0 Å². The number of methoxy groups -OCH3 is 1. The Balaban J connectivity index is 1.93. The average molecular weight is 384 g/mol. The molecular formula is C21H18ClNO4. The summed E-state index contributed by atoms with van der Waals surface area (Å²) >= 11 is 6.29. The van der Waals surface area contributed by atoms with Crippen molar-refractivity contribution >= 4 is 29.5 Å². The molecule has 0 amide bonds. The van der Waals surface area contributed by atoms with E-state index in [4.69, 9.17) is 25.8 Å². The third-order valence-corrected chi connectivity index (χ3v) is 4.10. The zero-order valence-corrected chi connectivity index (χ0v) is 15.7. The second-order valence-electron chi connectivity index (χ2n) is 5.84. The molecule has 1 aliphatic rings. The molecule has 0 aliphatic carbocycles. The van der Waals surface area contributed by atoms with Gasteiger partial charge in [-0.15, -0.1) is 0 Å². The summed E-state index contributed by atoms with van der Waals surface area (Å²) in [6.45, 7) is 5.89. The summed E-state index contributed by atoms with van der Waals surface area (Å²) in [6.07, 6.45) is 3.21. The van der Waals surface area contributed by atoms with Gasteiger partial charge in [-0.3, -0.25) is 0 Å². The normalized spacial score (nSPS) is 14.7. The lowest BCUT2D eigenvalue weighted by Crippen LogP contribution is -2.05. The maximum atomic E-state index is 12.2. The molecule has 2 aromatic carbocycles. The highest BCUT2D eigenvalue weighted by Gasteiger charge is 2.24. The summed E-state index contributed by atoms with van der Waals surface area (Å²) in [7, 11) is 1.51. The van der Waals surface area contributed by atoms with Crippen LogP contribution in [0.2, 0.25) is 5.02 Å². The van der Waals surface area contributed by atoms with Gasteiger partial charge >= 0.3 is 5.97 Å². The molecule has 3 rings (SSSR count). The smallest absolute Gasteiger partial charge is 0.363 e. The van der Waals surface area contributed by atoms with Crippen molar-refractivity contribution in [3.8, 4) is 11.5 Å². The molecule has 1 aliphatic heterocycles. The highest BCUT2D eigenvalue weighted by Crippen LogP contribution is 2.37. The van der Waals surface area contributed by atoms with Crippen LogP contribution >= 0.6 is 11.6 Å². The molecule has 0 saturated heterocycles. The summed E-state index contributed by atoms with van der Waals surface area (Å²) in [5.74, 6) is 0.618. The van der Waals surface area contributed by atoms with Crippen LogP contribution in [0.25, 0.3) is 6.08 Å². The lowest BCUT2D eigenvalue weighted by molar-refractivity contribution is -0.129. The Morgan fingerprint density at radius 3 is 2.67 bits per heavy atom. The van der Waals surface area contributed by atoms with E-state index in [0.717, 1.165) is 11.1 Å². The molecule has 1 heterocycles. The Morgan fingerprint density at radius 2 is 2.00 bits per heavy atom. The fourth-order valence-electron chi connectivity index (χ4n) is 2.49. The van der Waals surface area contributed by atoms with Crippen molar-refractivity contribution in [1.29, 1.82) is 0 Å². The molecular weight excluding hydrogens is 366 g/mol. The topological polar surface area (TPSA) is 57.1 Å². The molecule has 2 aromatic rings. The van der Waals surface area contributed by atoms with Crippen molar-refractivity contribution in [2.75, 3.05) is 13.7 Å². The molecule has 0 radical (unpaired) electrons. The minimum Gasteiger partial charge on any atom is -0.493 e. The second kappa shape index (κ2) is 8.10. The van der Waals surface area contributed by atoms with E-state index in [9.17, 15) is 4.79 Å². The maximum Gasteiger partial charge on any atom is 0.363 e. The molecule has 0 N–H and O–H groups in total. The predicted octanol–water partition coefficient (Wildman–Crippen LogP) is 4.57. The Kier molecular flexibility index (Phi) is 5.62. The zero-order valence-electron chi connectivity index (χ0n) is 15.0. The predicted molar refractivity (Wildman–Crippen MR) is 105 cm³/mol. The van der Waals surface area contributed by atoms with Crippen LogP contribution in [0, 0.1) is 6.92 Å². The summed E-state index contributed by atoms with van der Waals surface area (Å²) < 4.78 is 16.1. The third kappa shape index (κ3) is 4.20. The van der Waals surface area contributed by atoms with Gasteiger partial charge in [0.15, 0.2) is 17.2 Å². The van der Waals surface area contributed by atoms with E-state index in [1.54, 1.807) is 24.3 Å². The number of carbonyl (C=O) groups excluding carboxylic acids is 1. The average Bonchev–Trinajstić information content (AvgIpc) is 3.01. The summed E-state index contributed by atoms with van der Waals surface area (Å²) in [5, 5.41) is 0.358. The van der Waals surface area contributed by atoms with Crippen LogP contribution < -0.4 is 9.47 Å². The van der Waals surface area contributed by atoms with Gasteiger partial charge in [0.05, 0.1) is 12.1 Å². The lowest BCUT2D eigenvalue weighted by Gasteiger charge is -2.12. The van der Waals surface area contributed by atoms with E-state index in [0.29, 0.717) is 28.7 Å². The van der Waals surface area contributed by atoms with Crippen molar-refractivity contribution in [3.05, 3.63) is 76.5 Å². The first-order valence-corrected chi connectivity index (χ1v) is 8.60. The summed E-state index contributed by atoms with van der Waals surface area (Å²) in [5.41, 5.74) is 2.67. The van der Waals surface area contributed by atoms with Crippen molar-refractivity contribution < 1.29 is 19.0 Å². The van der Waals surface area contributed by atoms with E-state index in [1.165, 1.54) is 7.11 Å². The molecule has 0 aromatic heterocycles. The minimum absolute atomic E-state index is 0.184. The summed E-state index contributed by atoms with van der Waals surface area (Å²) in [4.78, 5) is 16.5. The molecule has 6 heteroatoms. The van der Waals surface area contributed by atoms with Gasteiger partial charge in [0.1, 0.15) is 6.61 Å². The van der Waals surface area contributed by atoms with Gasteiger partial charge < -0.3 is 14.2 Å². The van der Waals surface area contributed by atoms with Crippen LogP contribution in [-0.2, 0) is 9.53 Å². The van der Waals surface area contributed by atoms with Crippen molar-refractivity contribution in [2.45, 2.75) is 6.92 Å². The minimum atomic E-state index is -0.521. The number of ether oxygens (including phenoxy) is 3. The molecule has 0 fully saturated rings. The highest BCUT2D eigenvalue weighted by molar-refractivity contribution is 6.32. The lowest BCUT2D eigenvalue weighted by atomic mass is 10.1. The zero-order chi connectivity index (χ0) is 19.4. The number of esters is 1. The number of aryl methyl sites for hydroxylation is 1. The first-order chi connectivity index (χ1) is 13.0. The van der Waals surface area contributed by atoms with E-state index in [-0.39, 0.29) is 11.6 Å². The molecule has 0 unspecified atom stereocenters. The Bertz CT molecular complexity index is 945. The number of halogens is 1. The van der Waals surface area contributed by atoms with Crippen LogP contribution in [0.4, 0.5) is 0 Å². The third-order valence-electron chi connectivity index (χ3n) is 3.82. The van der Waals surface area contributed by atoms with E-state index >= 15 is 0 Å². The first-order valence-electron chi connectivity index (χ1n) is 8.22. The van der Waals surface area contributed by atoms with E-state index in [1.807, 2.05) is 31.2 Å². The van der Waals surface area contributed by atoms with E-state index < -0.39 is 5.97 Å². The molecule has 0 bridgehead atoms. The van der Waals surface area contributed by atoms with Crippen LogP contribution in [0.3, 0.4) is 0 Å². The first kappa shape index (κ1) is 18.7. The Labute approximate surface area is 162 Å². The number of nitrogens with zero attached hydrogens (tertiary/aromatic N) is 1. The van der Waals surface area contributed by atoms with Crippen LogP contribution in [0.1, 0.15) is 16.7 Å². The number of cyclic esters (lactones) is 1. The number of hydrogen-bond acceptors (Lipinski definition) is 5. The van der Waals surface area contributed by atoms with Gasteiger partial charge in [0, 0.05) is 5.56 Å². The number of rotatable bonds is 6. The number of carbonyl (C=O) groups is 1. The van der Waals surface area contributed by atoms with Crippen LogP contribution in [0.5, 0.6) is 11.5 Å². The monoisotopic (exact) mass is 383 g/mol. The largest absolute Gasteiger partial charge is 0.493 e. The van der Waals surface area contributed by atoms with E-state index in [2.05, 4.69) is 11.6 Å². The SMILES string of the molecule is C=CCOc1c(Cl)cc(C=C2N=C(c3ccc(C)cc3)OC2=O)cc1OC. The standard InChI is InChI=1S/C21H18ClNO4/c1-4-9-26-19-16(22)10-14(12-18(19)25-3)11-17-21(24)27-20(23-17)15-7-5-13(2)6-8-15/h4-8,10-12H,1,9H2,2-3H3. The highest BCUT2D eigenvalue weighted by atomic mass is 35.5. The number of benzene rings is 2. The van der Waals surface area contributed by atoms with Gasteiger partial charge in [-0.25, -0.2) is 9.79 Å². The Hall–Kier alpha value is -3.05. The Morgan fingerprint density at radius 1 is 1.26 bits per heavy atom. The van der Waals surface area contributed by atoms with Crippen LogP contribution in [-0.4, -0.2) is 25.6 Å². The van der Waals surface area contributed by atoms with Crippen LogP contribution in [0.15, 0.2) is 59.7 Å². The van der Waals surface area contributed by atoms with Crippen molar-refractivity contribution in [3.63, 3.8) is 0 Å². The van der Waals surface area contributed by atoms with Crippen molar-refractivity contribution in [1.82, 2.24) is 0 Å². The van der Waals surface area contributed by atoms with Gasteiger partial charge in [-0.2, -0.15) is 0 Å². The van der Waals surface area contributed by atoms with Gasteiger partial charge in [0.25, 0.3) is 0 Å². The second-order valence-corrected chi connectivity index (χ2v) is 6.24. The van der Waals surface area contributed by atoms with Crippen molar-refractivity contribution in [2.24, 2.45) is 4.99 Å². The molecule has 0 saturated carbocycles. The molecule has 27 heavy (non-hydrogen) atoms. The fraction of sp³-hybridized carbons (Fsp3) is 0.143. The molecule has 5 nitrogen and oxygen atoms in total. The van der Waals surface area contributed by atoms with Gasteiger partial charge in [0.2, 0.25) is 5.90 Å². The van der Waals surface area contributed by atoms with Gasteiger partial charge in [-0.05, 0) is 42.8 Å². The molecule has 138 valence electrons. The quantitative estimate of drug-likeness (QED) is 0.416.